The molecule has 0 atom stereocenters. The largest absolute Gasteiger partial charge is 0.493 e. The van der Waals surface area contributed by atoms with Crippen LogP contribution in [0.3, 0.4) is 0 Å². The summed E-state index contributed by atoms with van der Waals surface area (Å²) in [6.45, 7) is 6.53. The zero-order valence-corrected chi connectivity index (χ0v) is 18.8. The fourth-order valence-electron chi connectivity index (χ4n) is 3.83. The third kappa shape index (κ3) is 5.93. The minimum atomic E-state index is -0.0175. The van der Waals surface area contributed by atoms with Crippen molar-refractivity contribution in [2.45, 2.75) is 39.3 Å². The second-order valence-corrected chi connectivity index (χ2v) is 8.68. The molecule has 6 heteroatoms. The molecule has 1 aliphatic heterocycles. The van der Waals surface area contributed by atoms with Gasteiger partial charge in [0.15, 0.2) is 0 Å². The van der Waals surface area contributed by atoms with Gasteiger partial charge in [-0.25, -0.2) is 4.98 Å². The number of benzene rings is 2. The van der Waals surface area contributed by atoms with Crippen LogP contribution in [0.1, 0.15) is 36.6 Å². The molecule has 2 aromatic carbocycles. The number of aromatic nitrogens is 1. The lowest BCUT2D eigenvalue weighted by Gasteiger charge is -2.14. The number of para-hydroxylation sites is 1. The van der Waals surface area contributed by atoms with Gasteiger partial charge in [0.25, 0.3) is 0 Å². The number of rotatable bonds is 9. The number of thiazole rings is 1. The van der Waals surface area contributed by atoms with Gasteiger partial charge in [0.1, 0.15) is 10.8 Å². The number of ether oxygens (including phenoxy) is 1. The Bertz CT molecular complexity index is 994. The minimum absolute atomic E-state index is 0.0175. The van der Waals surface area contributed by atoms with Crippen molar-refractivity contribution in [1.82, 2.24) is 15.2 Å². The zero-order valence-electron chi connectivity index (χ0n) is 18.0. The van der Waals surface area contributed by atoms with Gasteiger partial charge in [-0.2, -0.15) is 0 Å². The number of hydrogen-bond acceptors (Lipinski definition) is 5. The lowest BCUT2D eigenvalue weighted by molar-refractivity contribution is -0.120. The highest BCUT2D eigenvalue weighted by atomic mass is 32.1. The topological polar surface area (TPSA) is 54.5 Å². The summed E-state index contributed by atoms with van der Waals surface area (Å²) in [6.07, 6.45) is 2.90. The Kier molecular flexibility index (Phi) is 7.33. The van der Waals surface area contributed by atoms with Crippen LogP contribution in [0.5, 0.6) is 5.75 Å². The van der Waals surface area contributed by atoms with Crippen molar-refractivity contribution in [3.8, 4) is 16.3 Å². The molecule has 0 bridgehead atoms. The summed E-state index contributed by atoms with van der Waals surface area (Å²) in [5, 5.41) is 5.84. The van der Waals surface area contributed by atoms with E-state index in [1.54, 1.807) is 0 Å². The molecule has 0 saturated carbocycles. The van der Waals surface area contributed by atoms with Gasteiger partial charge in [0, 0.05) is 18.5 Å². The van der Waals surface area contributed by atoms with Crippen LogP contribution in [0.4, 0.5) is 0 Å². The standard InChI is InChI=1S/C25H29N3O2S/c1-2-30-23-8-4-3-7-22(23)25-27-21(18-31-25)15-24(29)26-16-19-9-11-20(12-10-19)17-28-13-5-6-14-28/h3-4,7-12,18H,2,5-6,13-17H2,1H3,(H,26,29). The van der Waals surface area contributed by atoms with Crippen LogP contribution >= 0.6 is 11.3 Å². The van der Waals surface area contributed by atoms with Crippen LogP contribution in [-0.2, 0) is 24.3 Å². The van der Waals surface area contributed by atoms with Crippen molar-refractivity contribution in [3.63, 3.8) is 0 Å². The number of nitrogens with one attached hydrogen (secondary N) is 1. The average molecular weight is 436 g/mol. The number of nitrogens with zero attached hydrogens (tertiary/aromatic N) is 2. The Hall–Kier alpha value is -2.70. The van der Waals surface area contributed by atoms with E-state index < -0.39 is 0 Å². The Morgan fingerprint density at radius 3 is 2.61 bits per heavy atom. The van der Waals surface area contributed by atoms with Gasteiger partial charge in [0.05, 0.1) is 24.3 Å². The van der Waals surface area contributed by atoms with Crippen molar-refractivity contribution in [1.29, 1.82) is 0 Å². The first-order chi connectivity index (χ1) is 15.2. The van der Waals surface area contributed by atoms with E-state index in [0.717, 1.165) is 34.1 Å². The third-order valence-electron chi connectivity index (χ3n) is 5.43. The molecule has 1 aliphatic rings. The second kappa shape index (κ2) is 10.6. The van der Waals surface area contributed by atoms with Crippen LogP contribution < -0.4 is 10.1 Å². The summed E-state index contributed by atoms with van der Waals surface area (Å²) in [5.41, 5.74) is 4.20. The number of carbonyl (C=O) groups is 1. The van der Waals surface area contributed by atoms with E-state index in [1.807, 2.05) is 36.6 Å². The second-order valence-electron chi connectivity index (χ2n) is 7.83. The molecular formula is C25H29N3O2S. The summed E-state index contributed by atoms with van der Waals surface area (Å²) in [6, 6.07) is 16.4. The highest BCUT2D eigenvalue weighted by molar-refractivity contribution is 7.13. The molecule has 1 saturated heterocycles. The normalized spacial score (nSPS) is 14.0. The summed E-state index contributed by atoms with van der Waals surface area (Å²) < 4.78 is 5.70. The monoisotopic (exact) mass is 435 g/mol. The van der Waals surface area contributed by atoms with Crippen LogP contribution in [0.15, 0.2) is 53.9 Å². The maximum Gasteiger partial charge on any atom is 0.226 e. The van der Waals surface area contributed by atoms with Gasteiger partial charge in [0.2, 0.25) is 5.91 Å². The van der Waals surface area contributed by atoms with E-state index in [0.29, 0.717) is 13.2 Å². The number of likely N-dealkylation sites (tertiary alicyclic amines) is 1. The smallest absolute Gasteiger partial charge is 0.226 e. The maximum atomic E-state index is 12.4. The van der Waals surface area contributed by atoms with E-state index in [1.165, 1.54) is 42.8 Å². The molecule has 4 rings (SSSR count). The van der Waals surface area contributed by atoms with E-state index in [2.05, 4.69) is 39.5 Å². The Balaban J connectivity index is 1.28. The molecule has 0 spiro atoms. The maximum absolute atomic E-state index is 12.4. The third-order valence-corrected chi connectivity index (χ3v) is 6.35. The highest BCUT2D eigenvalue weighted by Crippen LogP contribution is 2.32. The highest BCUT2D eigenvalue weighted by Gasteiger charge is 2.13. The van der Waals surface area contributed by atoms with E-state index in [4.69, 9.17) is 4.74 Å². The van der Waals surface area contributed by atoms with Gasteiger partial charge in [-0.1, -0.05) is 36.4 Å². The van der Waals surface area contributed by atoms with Crippen molar-refractivity contribution < 1.29 is 9.53 Å². The van der Waals surface area contributed by atoms with Gasteiger partial charge >= 0.3 is 0 Å². The quantitative estimate of drug-likeness (QED) is 0.531. The summed E-state index contributed by atoms with van der Waals surface area (Å²) >= 11 is 1.54. The van der Waals surface area contributed by atoms with Crippen LogP contribution in [0.2, 0.25) is 0 Å². The molecule has 1 amide bonds. The fourth-order valence-corrected chi connectivity index (χ4v) is 4.67. The summed E-state index contributed by atoms with van der Waals surface area (Å²) in [5.74, 6) is 0.805. The lowest BCUT2D eigenvalue weighted by Crippen LogP contribution is -2.24. The Labute approximate surface area is 188 Å². The van der Waals surface area contributed by atoms with Gasteiger partial charge in [-0.3, -0.25) is 9.69 Å². The fraction of sp³-hybridized carbons (Fsp3) is 0.360. The Morgan fingerprint density at radius 2 is 1.84 bits per heavy atom. The van der Waals surface area contributed by atoms with E-state index >= 15 is 0 Å². The van der Waals surface area contributed by atoms with E-state index in [-0.39, 0.29) is 12.3 Å². The lowest BCUT2D eigenvalue weighted by atomic mass is 10.1. The molecule has 1 aromatic heterocycles. The first-order valence-electron chi connectivity index (χ1n) is 10.9. The molecule has 1 N–H and O–H groups in total. The first kappa shape index (κ1) is 21.5. The van der Waals surface area contributed by atoms with Crippen LogP contribution in [0, 0.1) is 0 Å². The van der Waals surface area contributed by atoms with Crippen LogP contribution in [-0.4, -0.2) is 35.5 Å². The van der Waals surface area contributed by atoms with Crippen molar-refractivity contribution in [2.24, 2.45) is 0 Å². The number of amides is 1. The molecule has 0 unspecified atom stereocenters. The van der Waals surface area contributed by atoms with Gasteiger partial charge in [-0.15, -0.1) is 11.3 Å². The zero-order chi connectivity index (χ0) is 21.5. The molecular weight excluding hydrogens is 406 g/mol. The molecule has 2 heterocycles. The van der Waals surface area contributed by atoms with Crippen molar-refractivity contribution >= 4 is 17.2 Å². The molecule has 3 aromatic rings. The molecule has 1 fully saturated rings. The molecule has 0 radical (unpaired) electrons. The SMILES string of the molecule is CCOc1ccccc1-c1nc(CC(=O)NCc2ccc(CN3CCCC3)cc2)cs1. The predicted molar refractivity (Wildman–Crippen MR) is 125 cm³/mol. The molecule has 162 valence electrons. The van der Waals surface area contributed by atoms with Crippen LogP contribution in [0.25, 0.3) is 10.6 Å². The predicted octanol–water partition coefficient (Wildman–Crippen LogP) is 4.66. The molecule has 31 heavy (non-hydrogen) atoms. The molecule has 0 aliphatic carbocycles. The van der Waals surface area contributed by atoms with Gasteiger partial charge < -0.3 is 10.1 Å². The first-order valence-corrected chi connectivity index (χ1v) is 11.8. The number of hydrogen-bond donors (Lipinski definition) is 1. The minimum Gasteiger partial charge on any atom is -0.493 e. The Morgan fingerprint density at radius 1 is 1.10 bits per heavy atom. The summed E-state index contributed by atoms with van der Waals surface area (Å²) in [4.78, 5) is 19.6. The van der Waals surface area contributed by atoms with Crippen molar-refractivity contribution in [3.05, 3.63) is 70.7 Å². The summed E-state index contributed by atoms with van der Waals surface area (Å²) in [7, 11) is 0. The average Bonchev–Trinajstić information content (AvgIpc) is 3.46. The van der Waals surface area contributed by atoms with E-state index in [9.17, 15) is 4.79 Å². The van der Waals surface area contributed by atoms with Crippen molar-refractivity contribution in [2.75, 3.05) is 19.7 Å². The molecule has 5 nitrogen and oxygen atoms in total. The number of carbonyl (C=O) groups excluding carboxylic acids is 1. The van der Waals surface area contributed by atoms with Gasteiger partial charge in [-0.05, 0) is 56.1 Å².